The molecule has 34 heavy (non-hydrogen) atoms. The van der Waals surface area contributed by atoms with E-state index >= 15 is 4.39 Å². The Bertz CT molecular complexity index is 1230. The minimum atomic E-state index is -4.70. The van der Waals surface area contributed by atoms with E-state index in [0.717, 1.165) is 19.2 Å². The van der Waals surface area contributed by atoms with Crippen LogP contribution in [-0.2, 0) is 0 Å². The number of piperazine rings is 1. The van der Waals surface area contributed by atoms with Gasteiger partial charge in [0.05, 0.1) is 23.5 Å². The van der Waals surface area contributed by atoms with Crippen molar-refractivity contribution in [3.63, 3.8) is 0 Å². The molecule has 1 aromatic heterocycles. The van der Waals surface area contributed by atoms with Crippen LogP contribution in [0.15, 0.2) is 17.1 Å². The standard InChI is InChI=1S/C23H24F4N4O3/c1-4-5-30(13-23(25,26)27)22(33)16-11-31-14(2)12-34-21-18(31)15(20(16)32)10-17(24)19(21)29-8-6-28(3)7-9-29/h1,10-11,14H,5-9,12-13H2,2-3H3/t14-/m1/s1. The summed E-state index contributed by atoms with van der Waals surface area (Å²) in [5, 5.41) is -0.129. The van der Waals surface area contributed by atoms with E-state index in [1.54, 1.807) is 11.5 Å². The van der Waals surface area contributed by atoms with Gasteiger partial charge in [-0.1, -0.05) is 5.92 Å². The van der Waals surface area contributed by atoms with Crippen molar-refractivity contribution in [3.05, 3.63) is 33.9 Å². The molecule has 0 bridgehead atoms. The third-order valence-corrected chi connectivity index (χ3v) is 6.13. The molecule has 1 atom stereocenters. The van der Waals surface area contributed by atoms with Gasteiger partial charge in [-0.3, -0.25) is 9.59 Å². The van der Waals surface area contributed by atoms with Crippen molar-refractivity contribution in [2.24, 2.45) is 0 Å². The number of likely N-dealkylation sites (N-methyl/N-ethyl adjacent to an activating group) is 1. The number of alkyl halides is 3. The van der Waals surface area contributed by atoms with E-state index in [4.69, 9.17) is 11.2 Å². The number of hydrogen-bond donors (Lipinski definition) is 0. The first-order valence-corrected chi connectivity index (χ1v) is 10.8. The zero-order valence-electron chi connectivity index (χ0n) is 18.8. The molecule has 11 heteroatoms. The first-order valence-electron chi connectivity index (χ1n) is 10.8. The number of carbonyl (C=O) groups is 1. The zero-order valence-corrected chi connectivity index (χ0v) is 18.8. The fourth-order valence-electron chi connectivity index (χ4n) is 4.39. The van der Waals surface area contributed by atoms with E-state index in [2.05, 4.69) is 4.90 Å². The first kappa shape index (κ1) is 23.9. The molecule has 2 aliphatic heterocycles. The van der Waals surface area contributed by atoms with Crippen LogP contribution in [0.3, 0.4) is 0 Å². The Balaban J connectivity index is 1.88. The van der Waals surface area contributed by atoms with Gasteiger partial charge in [0.2, 0.25) is 5.43 Å². The SMILES string of the molecule is C#CCN(CC(F)(F)F)C(=O)c1cn2c3c(c(N4CCN(C)CC4)c(F)cc3c1=O)OC[C@H]2C. The first-order chi connectivity index (χ1) is 16.0. The number of ether oxygens (including phenoxy) is 1. The number of rotatable bonds is 4. The summed E-state index contributed by atoms with van der Waals surface area (Å²) >= 11 is 0. The lowest BCUT2D eigenvalue weighted by molar-refractivity contribution is -0.139. The number of pyridine rings is 1. The van der Waals surface area contributed by atoms with Crippen LogP contribution in [0.25, 0.3) is 10.9 Å². The van der Waals surface area contributed by atoms with Gasteiger partial charge in [0.25, 0.3) is 5.91 Å². The molecule has 2 aromatic rings. The van der Waals surface area contributed by atoms with E-state index in [1.165, 1.54) is 6.20 Å². The molecule has 182 valence electrons. The highest BCUT2D eigenvalue weighted by atomic mass is 19.4. The number of amides is 1. The fourth-order valence-corrected chi connectivity index (χ4v) is 4.39. The van der Waals surface area contributed by atoms with Crippen molar-refractivity contribution >= 4 is 22.5 Å². The molecule has 0 N–H and O–H groups in total. The molecule has 1 saturated heterocycles. The zero-order chi connectivity index (χ0) is 24.8. The number of anilines is 1. The van der Waals surface area contributed by atoms with Crippen LogP contribution in [0, 0.1) is 18.2 Å². The van der Waals surface area contributed by atoms with Gasteiger partial charge in [-0.2, -0.15) is 13.2 Å². The number of benzene rings is 1. The fraction of sp³-hybridized carbons (Fsp3) is 0.478. The van der Waals surface area contributed by atoms with Gasteiger partial charge in [-0.05, 0) is 20.0 Å². The molecule has 3 heterocycles. The van der Waals surface area contributed by atoms with Crippen molar-refractivity contribution in [2.45, 2.75) is 19.1 Å². The van der Waals surface area contributed by atoms with Crippen molar-refractivity contribution in [1.29, 1.82) is 0 Å². The second-order valence-electron chi connectivity index (χ2n) is 8.64. The number of nitrogens with zero attached hydrogens (tertiary/aromatic N) is 4. The highest BCUT2D eigenvalue weighted by Gasteiger charge is 2.35. The third-order valence-electron chi connectivity index (χ3n) is 6.13. The van der Waals surface area contributed by atoms with Crippen LogP contribution in [0.5, 0.6) is 5.75 Å². The molecule has 2 aliphatic rings. The summed E-state index contributed by atoms with van der Waals surface area (Å²) in [5.74, 6) is 0.370. The minimum Gasteiger partial charge on any atom is -0.487 e. The highest BCUT2D eigenvalue weighted by Crippen LogP contribution is 2.42. The van der Waals surface area contributed by atoms with Gasteiger partial charge in [0.15, 0.2) is 11.6 Å². The number of terminal acetylenes is 1. The number of hydrogen-bond acceptors (Lipinski definition) is 5. The second kappa shape index (κ2) is 8.83. The highest BCUT2D eigenvalue weighted by molar-refractivity contribution is 6.00. The second-order valence-corrected chi connectivity index (χ2v) is 8.64. The van der Waals surface area contributed by atoms with Crippen LogP contribution in [0.2, 0.25) is 0 Å². The van der Waals surface area contributed by atoms with Crippen molar-refractivity contribution in [2.75, 3.05) is 57.8 Å². The normalized spacial score (nSPS) is 18.5. The number of carbonyl (C=O) groups excluding carboxylic acids is 1. The van der Waals surface area contributed by atoms with Gasteiger partial charge in [0.1, 0.15) is 24.4 Å². The molecule has 1 fully saturated rings. The summed E-state index contributed by atoms with van der Waals surface area (Å²) in [6.07, 6.45) is 1.68. The van der Waals surface area contributed by atoms with Crippen molar-refractivity contribution in [3.8, 4) is 18.1 Å². The number of aromatic nitrogens is 1. The Morgan fingerprint density at radius 3 is 2.59 bits per heavy atom. The molecule has 7 nitrogen and oxygen atoms in total. The molecule has 0 radical (unpaired) electrons. The van der Waals surface area contributed by atoms with Gasteiger partial charge < -0.3 is 24.0 Å². The Hall–Kier alpha value is -3.26. The summed E-state index contributed by atoms with van der Waals surface area (Å²) in [5.41, 5.74) is -0.817. The lowest BCUT2D eigenvalue weighted by Gasteiger charge is -2.37. The van der Waals surface area contributed by atoms with Crippen molar-refractivity contribution < 1.29 is 27.1 Å². The summed E-state index contributed by atoms with van der Waals surface area (Å²) in [7, 11) is 1.97. The summed E-state index contributed by atoms with van der Waals surface area (Å²) in [4.78, 5) is 30.6. The molecule has 0 aliphatic carbocycles. The Labute approximate surface area is 193 Å². The van der Waals surface area contributed by atoms with Crippen LogP contribution in [0.1, 0.15) is 23.3 Å². The Morgan fingerprint density at radius 2 is 1.97 bits per heavy atom. The van der Waals surface area contributed by atoms with Crippen molar-refractivity contribution in [1.82, 2.24) is 14.4 Å². The van der Waals surface area contributed by atoms with E-state index in [-0.39, 0.29) is 29.5 Å². The van der Waals surface area contributed by atoms with E-state index in [9.17, 15) is 22.8 Å². The lowest BCUT2D eigenvalue weighted by Crippen LogP contribution is -2.45. The molecule has 4 rings (SSSR count). The smallest absolute Gasteiger partial charge is 0.406 e. The summed E-state index contributed by atoms with van der Waals surface area (Å²) in [6.45, 7) is 2.24. The largest absolute Gasteiger partial charge is 0.487 e. The quantitative estimate of drug-likeness (QED) is 0.497. The Kier molecular flexibility index (Phi) is 6.20. The maximum absolute atomic E-state index is 15.4. The van der Waals surface area contributed by atoms with Crippen LogP contribution < -0.4 is 15.1 Å². The minimum absolute atomic E-state index is 0.129. The molecule has 0 spiro atoms. The average Bonchev–Trinajstić information content (AvgIpc) is 2.76. The van der Waals surface area contributed by atoms with E-state index < -0.39 is 42.0 Å². The maximum Gasteiger partial charge on any atom is 0.406 e. The number of halogens is 4. The van der Waals surface area contributed by atoms with E-state index in [1.807, 2.05) is 17.9 Å². The molecule has 0 unspecified atom stereocenters. The predicted molar refractivity (Wildman–Crippen MR) is 119 cm³/mol. The van der Waals surface area contributed by atoms with Crippen LogP contribution in [-0.4, -0.2) is 79.4 Å². The lowest BCUT2D eigenvalue weighted by atomic mass is 10.0. The topological polar surface area (TPSA) is 58.0 Å². The molecule has 0 saturated carbocycles. The Morgan fingerprint density at radius 1 is 1.29 bits per heavy atom. The average molecular weight is 480 g/mol. The van der Waals surface area contributed by atoms with Gasteiger partial charge in [-0.25, -0.2) is 4.39 Å². The molecule has 1 aromatic carbocycles. The summed E-state index contributed by atoms with van der Waals surface area (Å²) < 4.78 is 61.9. The molecular formula is C23H24F4N4O3. The van der Waals surface area contributed by atoms with E-state index in [0.29, 0.717) is 23.5 Å². The third kappa shape index (κ3) is 4.30. The van der Waals surface area contributed by atoms with Crippen LogP contribution >= 0.6 is 0 Å². The molecular weight excluding hydrogens is 456 g/mol. The molecule has 1 amide bonds. The van der Waals surface area contributed by atoms with Crippen LogP contribution in [0.4, 0.5) is 23.2 Å². The summed E-state index contributed by atoms with van der Waals surface area (Å²) in [6, 6.07) is 0.690. The monoisotopic (exact) mass is 480 g/mol. The predicted octanol–water partition coefficient (Wildman–Crippen LogP) is 2.48. The van der Waals surface area contributed by atoms with Gasteiger partial charge in [-0.15, -0.1) is 6.42 Å². The maximum atomic E-state index is 15.4. The van der Waals surface area contributed by atoms with Gasteiger partial charge in [0, 0.05) is 32.4 Å². The van der Waals surface area contributed by atoms with Gasteiger partial charge >= 0.3 is 6.18 Å².